The van der Waals surface area contributed by atoms with E-state index in [0.717, 1.165) is 0 Å². The molecular weight excluding hydrogens is 240 g/mol. The van der Waals surface area contributed by atoms with Crippen LogP contribution in [-0.4, -0.2) is 32.5 Å². The monoisotopic (exact) mass is 264 g/mol. The molecule has 0 spiro atoms. The Morgan fingerprint density at radius 3 is 1.88 bits per heavy atom. The molecule has 0 amide bonds. The van der Waals surface area contributed by atoms with Gasteiger partial charge in [-0.2, -0.15) is 10.2 Å². The average molecular weight is 265 g/mol. The lowest BCUT2D eigenvalue weighted by atomic mass is 10.00. The molecule has 2 N–H and O–H groups in total. The predicted octanol–water partition coefficient (Wildman–Crippen LogP) is 3.10. The summed E-state index contributed by atoms with van der Waals surface area (Å²) in [5, 5.41) is 27.4. The van der Waals surface area contributed by atoms with Crippen molar-refractivity contribution in [2.24, 2.45) is 10.2 Å². The Kier molecular flexibility index (Phi) is 5.57. The highest BCUT2D eigenvalue weighted by atomic mass is 35.5. The largest absolute Gasteiger partial charge is 0.390 e. The van der Waals surface area contributed by atoms with Gasteiger partial charge in [-0.1, -0.05) is 11.6 Å². The fourth-order valence-corrected chi connectivity index (χ4v) is 2.18. The van der Waals surface area contributed by atoms with E-state index in [0.29, 0.717) is 12.8 Å². The van der Waals surface area contributed by atoms with Crippen LogP contribution in [0.3, 0.4) is 0 Å². The number of halogens is 1. The minimum atomic E-state index is -0.911. The number of hydrogen-bond donors (Lipinski definition) is 2. The van der Waals surface area contributed by atoms with Gasteiger partial charge < -0.3 is 10.2 Å². The molecule has 0 bridgehead atoms. The quantitative estimate of drug-likeness (QED) is 0.440. The van der Waals surface area contributed by atoms with Gasteiger partial charge in [-0.05, 0) is 48.0 Å². The van der Waals surface area contributed by atoms with Gasteiger partial charge in [0.25, 0.3) is 0 Å². The molecule has 0 aromatic heterocycles. The standard InChI is InChI=1S/C12H25ClN2O2/c1-9(7-10(2,3)16)14-15-12(6,13)8-11(4,5)17/h9,16-17H,7-8H2,1-6H3. The molecule has 2 unspecified atom stereocenters. The van der Waals surface area contributed by atoms with E-state index in [1.165, 1.54) is 0 Å². The third-order valence-electron chi connectivity index (χ3n) is 2.01. The van der Waals surface area contributed by atoms with Crippen LogP contribution < -0.4 is 0 Å². The molecule has 102 valence electrons. The van der Waals surface area contributed by atoms with E-state index >= 15 is 0 Å². The summed E-state index contributed by atoms with van der Waals surface area (Å²) in [6, 6.07) is -0.102. The Bertz CT molecular complexity index is 265. The number of nitrogens with zero attached hydrogens (tertiary/aromatic N) is 2. The van der Waals surface area contributed by atoms with E-state index in [-0.39, 0.29) is 6.04 Å². The Hall–Kier alpha value is -0.190. The lowest BCUT2D eigenvalue weighted by molar-refractivity contribution is 0.0571. The minimum absolute atomic E-state index is 0.102. The second kappa shape index (κ2) is 5.63. The zero-order valence-electron chi connectivity index (χ0n) is 11.7. The first-order chi connectivity index (χ1) is 7.31. The van der Waals surface area contributed by atoms with E-state index in [4.69, 9.17) is 11.6 Å². The number of azo groups is 1. The molecule has 0 aliphatic rings. The third-order valence-corrected chi connectivity index (χ3v) is 2.22. The van der Waals surface area contributed by atoms with E-state index < -0.39 is 16.2 Å². The van der Waals surface area contributed by atoms with Crippen LogP contribution in [0, 0.1) is 0 Å². The average Bonchev–Trinajstić information content (AvgIpc) is 1.92. The molecule has 17 heavy (non-hydrogen) atoms. The summed E-state index contributed by atoms with van der Waals surface area (Å²) in [4.78, 5) is -0.911. The maximum atomic E-state index is 9.68. The molecule has 0 aliphatic heterocycles. The normalized spacial score (nSPS) is 19.4. The highest BCUT2D eigenvalue weighted by Gasteiger charge is 2.29. The molecule has 0 radical (unpaired) electrons. The third kappa shape index (κ3) is 10.7. The van der Waals surface area contributed by atoms with Crippen LogP contribution in [0.5, 0.6) is 0 Å². The first-order valence-electron chi connectivity index (χ1n) is 5.86. The van der Waals surface area contributed by atoms with Gasteiger partial charge in [-0.15, -0.1) is 0 Å². The smallest absolute Gasteiger partial charge is 0.154 e. The van der Waals surface area contributed by atoms with Crippen molar-refractivity contribution in [3.8, 4) is 0 Å². The first-order valence-corrected chi connectivity index (χ1v) is 6.24. The molecule has 0 heterocycles. The van der Waals surface area contributed by atoms with Crippen molar-refractivity contribution in [2.75, 3.05) is 0 Å². The molecule has 0 aromatic carbocycles. The van der Waals surface area contributed by atoms with Crippen LogP contribution in [0.15, 0.2) is 10.2 Å². The van der Waals surface area contributed by atoms with Gasteiger partial charge in [-0.25, -0.2) is 0 Å². The number of rotatable bonds is 6. The molecule has 5 heteroatoms. The molecule has 0 aliphatic carbocycles. The van der Waals surface area contributed by atoms with Crippen molar-refractivity contribution < 1.29 is 10.2 Å². The van der Waals surface area contributed by atoms with Crippen molar-refractivity contribution in [1.82, 2.24) is 0 Å². The Balaban J connectivity index is 4.40. The van der Waals surface area contributed by atoms with Gasteiger partial charge in [0, 0.05) is 6.42 Å². The molecule has 2 atom stereocenters. The van der Waals surface area contributed by atoms with E-state index in [1.54, 1.807) is 34.6 Å². The number of alkyl halides is 1. The van der Waals surface area contributed by atoms with Crippen LogP contribution in [0.1, 0.15) is 54.4 Å². The predicted molar refractivity (Wildman–Crippen MR) is 70.4 cm³/mol. The lowest BCUT2D eigenvalue weighted by Crippen LogP contribution is -2.30. The molecule has 4 nitrogen and oxygen atoms in total. The summed E-state index contributed by atoms with van der Waals surface area (Å²) in [5.41, 5.74) is -1.65. The minimum Gasteiger partial charge on any atom is -0.390 e. The van der Waals surface area contributed by atoms with Gasteiger partial charge in [0.1, 0.15) is 0 Å². The van der Waals surface area contributed by atoms with Gasteiger partial charge in [0.15, 0.2) is 5.00 Å². The van der Waals surface area contributed by atoms with E-state index in [1.807, 2.05) is 6.92 Å². The maximum Gasteiger partial charge on any atom is 0.154 e. The molecule has 0 saturated heterocycles. The second-order valence-electron chi connectivity index (χ2n) is 6.21. The fourth-order valence-electron chi connectivity index (χ4n) is 1.81. The lowest BCUT2D eigenvalue weighted by Gasteiger charge is -2.25. The van der Waals surface area contributed by atoms with Crippen LogP contribution in [0.2, 0.25) is 0 Å². The van der Waals surface area contributed by atoms with Crippen LogP contribution in [0.4, 0.5) is 0 Å². The summed E-state index contributed by atoms with van der Waals surface area (Å²) in [6.45, 7) is 10.4. The highest BCUT2D eigenvalue weighted by molar-refractivity contribution is 6.23. The topological polar surface area (TPSA) is 65.2 Å². The Labute approximate surface area is 109 Å². The highest BCUT2D eigenvalue weighted by Crippen LogP contribution is 2.28. The number of hydrogen-bond acceptors (Lipinski definition) is 4. The zero-order valence-corrected chi connectivity index (χ0v) is 12.4. The van der Waals surface area contributed by atoms with Gasteiger partial charge in [0.2, 0.25) is 0 Å². The van der Waals surface area contributed by atoms with Crippen LogP contribution in [-0.2, 0) is 0 Å². The van der Waals surface area contributed by atoms with E-state index in [2.05, 4.69) is 10.2 Å². The van der Waals surface area contributed by atoms with Crippen LogP contribution >= 0.6 is 11.6 Å². The molecule has 0 rings (SSSR count). The summed E-state index contributed by atoms with van der Waals surface area (Å²) in [5.74, 6) is 0. The molecule has 0 saturated carbocycles. The van der Waals surface area contributed by atoms with E-state index in [9.17, 15) is 10.2 Å². The second-order valence-corrected chi connectivity index (χ2v) is 7.03. The van der Waals surface area contributed by atoms with Gasteiger partial charge in [0.05, 0.1) is 17.2 Å². The first kappa shape index (κ1) is 16.8. The van der Waals surface area contributed by atoms with Crippen molar-refractivity contribution in [3.05, 3.63) is 0 Å². The summed E-state index contributed by atoms with van der Waals surface area (Å²) in [7, 11) is 0. The maximum absolute atomic E-state index is 9.68. The zero-order chi connectivity index (χ0) is 13.9. The molecular formula is C12H25ClN2O2. The van der Waals surface area contributed by atoms with Crippen molar-refractivity contribution in [2.45, 2.75) is 76.6 Å². The SMILES string of the molecule is CC(CC(C)(C)O)N=NC(C)(Cl)CC(C)(C)O. The van der Waals surface area contributed by atoms with Crippen molar-refractivity contribution in [1.29, 1.82) is 0 Å². The van der Waals surface area contributed by atoms with Crippen molar-refractivity contribution >= 4 is 11.6 Å². The van der Waals surface area contributed by atoms with Gasteiger partial charge >= 0.3 is 0 Å². The molecule has 0 fully saturated rings. The van der Waals surface area contributed by atoms with Crippen LogP contribution in [0.25, 0.3) is 0 Å². The van der Waals surface area contributed by atoms with Crippen molar-refractivity contribution in [3.63, 3.8) is 0 Å². The summed E-state index contributed by atoms with van der Waals surface area (Å²) < 4.78 is 0. The summed E-state index contributed by atoms with van der Waals surface area (Å²) >= 11 is 6.15. The molecule has 0 aromatic rings. The summed E-state index contributed by atoms with van der Waals surface area (Å²) in [6.07, 6.45) is 0.840. The van der Waals surface area contributed by atoms with Gasteiger partial charge in [-0.3, -0.25) is 0 Å². The number of aliphatic hydroxyl groups is 2. The fraction of sp³-hybridized carbons (Fsp3) is 1.00. The Morgan fingerprint density at radius 2 is 1.53 bits per heavy atom. The Morgan fingerprint density at radius 1 is 1.06 bits per heavy atom.